The monoisotopic (exact) mass is 283 g/mol. The van der Waals surface area contributed by atoms with Crippen molar-refractivity contribution in [1.29, 1.82) is 0 Å². The van der Waals surface area contributed by atoms with E-state index in [1.807, 2.05) is 4.90 Å². The molecule has 2 heterocycles. The number of anilines is 1. The Morgan fingerprint density at radius 2 is 2.11 bits per heavy atom. The van der Waals surface area contributed by atoms with Crippen molar-refractivity contribution >= 4 is 22.4 Å². The normalized spacial score (nSPS) is 16.6. The molecule has 0 unspecified atom stereocenters. The summed E-state index contributed by atoms with van der Waals surface area (Å²) in [6, 6.07) is 0. The molecular formula is C12H21N5OS. The molecule has 0 aliphatic carbocycles. The number of aromatic nitrogens is 2. The topological polar surface area (TPSA) is 61.4 Å². The molecule has 0 atom stereocenters. The molecule has 1 amide bonds. The predicted molar refractivity (Wildman–Crippen MR) is 76.2 cm³/mol. The van der Waals surface area contributed by atoms with Gasteiger partial charge in [0.05, 0.1) is 0 Å². The van der Waals surface area contributed by atoms with Gasteiger partial charge in [0.2, 0.25) is 5.91 Å². The molecule has 1 N–H and O–H groups in total. The third-order valence-corrected chi connectivity index (χ3v) is 4.01. The first-order valence-corrected chi connectivity index (χ1v) is 7.51. The highest BCUT2D eigenvalue weighted by Gasteiger charge is 2.20. The van der Waals surface area contributed by atoms with E-state index >= 15 is 0 Å². The molecule has 0 aromatic carbocycles. The maximum absolute atomic E-state index is 11.3. The highest BCUT2D eigenvalue weighted by molar-refractivity contribution is 7.10. The molecule has 0 saturated carbocycles. The molecule has 1 saturated heterocycles. The average molecular weight is 283 g/mol. The molecule has 7 heteroatoms. The largest absolute Gasteiger partial charge is 0.374 e. The fourth-order valence-corrected chi connectivity index (χ4v) is 2.72. The van der Waals surface area contributed by atoms with E-state index in [-0.39, 0.29) is 5.91 Å². The third kappa shape index (κ3) is 3.87. The predicted octanol–water partition coefficient (Wildman–Crippen LogP) is 1.02. The number of amides is 1. The van der Waals surface area contributed by atoms with Gasteiger partial charge in [-0.25, -0.2) is 0 Å². The van der Waals surface area contributed by atoms with Crippen LogP contribution in [0.4, 0.5) is 5.00 Å². The Kier molecular flexibility index (Phi) is 5.09. The van der Waals surface area contributed by atoms with Crippen molar-refractivity contribution in [3.05, 3.63) is 5.69 Å². The molecule has 1 aromatic heterocycles. The maximum atomic E-state index is 11.3. The van der Waals surface area contributed by atoms with Crippen molar-refractivity contribution < 1.29 is 4.79 Å². The van der Waals surface area contributed by atoms with E-state index in [1.54, 1.807) is 6.92 Å². The zero-order valence-corrected chi connectivity index (χ0v) is 12.4. The lowest BCUT2D eigenvalue weighted by Crippen LogP contribution is -2.47. The lowest BCUT2D eigenvalue weighted by Gasteiger charge is -2.33. The Morgan fingerprint density at radius 1 is 1.37 bits per heavy atom. The first-order valence-electron chi connectivity index (χ1n) is 6.73. The Hall–Kier alpha value is -1.21. The summed E-state index contributed by atoms with van der Waals surface area (Å²) in [5.74, 6) is 0.167. The van der Waals surface area contributed by atoms with Gasteiger partial charge in [0.25, 0.3) is 0 Å². The molecule has 6 nitrogen and oxygen atoms in total. The molecule has 0 spiro atoms. The number of carbonyl (C=O) groups excluding carboxylic acids is 1. The van der Waals surface area contributed by atoms with E-state index in [0.29, 0.717) is 0 Å². The highest BCUT2D eigenvalue weighted by Crippen LogP contribution is 2.19. The fourth-order valence-electron chi connectivity index (χ4n) is 2.12. The Labute approximate surface area is 117 Å². The number of carbonyl (C=O) groups is 1. The fraction of sp³-hybridized carbons (Fsp3) is 0.750. The summed E-state index contributed by atoms with van der Waals surface area (Å²) in [6.07, 6.45) is 1.09. The van der Waals surface area contributed by atoms with Gasteiger partial charge in [-0.2, -0.15) is 0 Å². The standard InChI is InChI=1S/C12H21N5OS/c1-3-4-13-12-11(14-15-19-12)9-16-5-7-17(8-6-16)10(2)18/h13H,3-9H2,1-2H3. The summed E-state index contributed by atoms with van der Waals surface area (Å²) in [5, 5.41) is 8.64. The zero-order valence-electron chi connectivity index (χ0n) is 11.6. The second-order valence-corrected chi connectivity index (χ2v) is 5.51. The van der Waals surface area contributed by atoms with Crippen LogP contribution >= 0.6 is 11.5 Å². The number of hydrogen-bond donors (Lipinski definition) is 1. The van der Waals surface area contributed by atoms with E-state index in [4.69, 9.17) is 0 Å². The number of hydrogen-bond acceptors (Lipinski definition) is 6. The van der Waals surface area contributed by atoms with Crippen molar-refractivity contribution in [3.63, 3.8) is 0 Å². The van der Waals surface area contributed by atoms with E-state index < -0.39 is 0 Å². The molecule has 106 valence electrons. The second-order valence-electron chi connectivity index (χ2n) is 4.76. The molecule has 2 rings (SSSR count). The Morgan fingerprint density at radius 3 is 2.74 bits per heavy atom. The lowest BCUT2D eigenvalue weighted by atomic mass is 10.3. The van der Waals surface area contributed by atoms with Gasteiger partial charge in [0.1, 0.15) is 10.7 Å². The molecular weight excluding hydrogens is 262 g/mol. The van der Waals surface area contributed by atoms with Crippen molar-refractivity contribution in [1.82, 2.24) is 19.4 Å². The van der Waals surface area contributed by atoms with Crippen molar-refractivity contribution in [3.8, 4) is 0 Å². The van der Waals surface area contributed by atoms with Gasteiger partial charge < -0.3 is 10.2 Å². The molecule has 1 aliphatic rings. The third-order valence-electron chi connectivity index (χ3n) is 3.28. The quantitative estimate of drug-likeness (QED) is 0.874. The van der Waals surface area contributed by atoms with E-state index in [0.717, 1.165) is 56.4 Å². The van der Waals surface area contributed by atoms with Gasteiger partial charge in [-0.3, -0.25) is 9.69 Å². The van der Waals surface area contributed by atoms with Gasteiger partial charge in [-0.15, -0.1) is 5.10 Å². The average Bonchev–Trinajstić information content (AvgIpc) is 2.84. The summed E-state index contributed by atoms with van der Waals surface area (Å²) < 4.78 is 4.02. The van der Waals surface area contributed by atoms with E-state index in [2.05, 4.69) is 26.7 Å². The number of piperazine rings is 1. The summed E-state index contributed by atoms with van der Waals surface area (Å²) in [7, 11) is 0. The van der Waals surface area contributed by atoms with Crippen LogP contribution in [0.3, 0.4) is 0 Å². The van der Waals surface area contributed by atoms with Crippen LogP contribution in [0.25, 0.3) is 0 Å². The Balaban J connectivity index is 1.85. The minimum Gasteiger partial charge on any atom is -0.374 e. The number of rotatable bonds is 5. The minimum atomic E-state index is 0.167. The summed E-state index contributed by atoms with van der Waals surface area (Å²) in [4.78, 5) is 15.5. The number of nitrogens with one attached hydrogen (secondary N) is 1. The molecule has 19 heavy (non-hydrogen) atoms. The number of nitrogens with zero attached hydrogens (tertiary/aromatic N) is 4. The molecule has 1 aliphatic heterocycles. The van der Waals surface area contributed by atoms with Crippen molar-refractivity contribution in [2.45, 2.75) is 26.8 Å². The van der Waals surface area contributed by atoms with Gasteiger partial charge in [0.15, 0.2) is 0 Å². The Bertz CT molecular complexity index is 414. The summed E-state index contributed by atoms with van der Waals surface area (Å²) >= 11 is 1.42. The summed E-state index contributed by atoms with van der Waals surface area (Å²) in [6.45, 7) is 8.97. The van der Waals surface area contributed by atoms with Crippen molar-refractivity contribution in [2.75, 3.05) is 38.0 Å². The van der Waals surface area contributed by atoms with E-state index in [1.165, 1.54) is 11.5 Å². The van der Waals surface area contributed by atoms with Crippen LogP contribution < -0.4 is 5.32 Å². The van der Waals surface area contributed by atoms with Crippen LogP contribution in [-0.2, 0) is 11.3 Å². The van der Waals surface area contributed by atoms with Crippen LogP contribution in [0.5, 0.6) is 0 Å². The van der Waals surface area contributed by atoms with Gasteiger partial charge >= 0.3 is 0 Å². The highest BCUT2D eigenvalue weighted by atomic mass is 32.1. The maximum Gasteiger partial charge on any atom is 0.219 e. The molecule has 0 radical (unpaired) electrons. The van der Waals surface area contributed by atoms with Crippen LogP contribution in [0, 0.1) is 0 Å². The van der Waals surface area contributed by atoms with Gasteiger partial charge in [-0.1, -0.05) is 11.4 Å². The van der Waals surface area contributed by atoms with Crippen molar-refractivity contribution in [2.24, 2.45) is 0 Å². The second kappa shape index (κ2) is 6.81. The van der Waals surface area contributed by atoms with Crippen LogP contribution in [0.15, 0.2) is 0 Å². The minimum absolute atomic E-state index is 0.167. The van der Waals surface area contributed by atoms with E-state index in [9.17, 15) is 4.79 Å². The summed E-state index contributed by atoms with van der Waals surface area (Å²) in [5.41, 5.74) is 1.02. The zero-order chi connectivity index (χ0) is 13.7. The molecule has 1 aromatic rings. The first-order chi connectivity index (χ1) is 9.20. The smallest absolute Gasteiger partial charge is 0.219 e. The van der Waals surface area contributed by atoms with Gasteiger partial charge in [-0.05, 0) is 6.42 Å². The van der Waals surface area contributed by atoms with Crippen LogP contribution in [0.2, 0.25) is 0 Å². The SMILES string of the molecule is CCCNc1snnc1CN1CCN(C(C)=O)CC1. The van der Waals surface area contributed by atoms with Crippen LogP contribution in [-0.4, -0.2) is 58.0 Å². The first kappa shape index (κ1) is 14.2. The van der Waals surface area contributed by atoms with Gasteiger partial charge in [0, 0.05) is 57.7 Å². The lowest BCUT2D eigenvalue weighted by molar-refractivity contribution is -0.130. The molecule has 0 bridgehead atoms. The molecule has 1 fully saturated rings. The van der Waals surface area contributed by atoms with Crippen LogP contribution in [0.1, 0.15) is 26.0 Å².